The fourth-order valence-electron chi connectivity index (χ4n) is 2.57. The molecule has 1 aromatic rings. The van der Waals surface area contributed by atoms with Gasteiger partial charge in [-0.15, -0.1) is 0 Å². The molecule has 0 heterocycles. The van der Waals surface area contributed by atoms with E-state index in [1.54, 1.807) is 7.11 Å². The van der Waals surface area contributed by atoms with Gasteiger partial charge in [0.15, 0.2) is 0 Å². The van der Waals surface area contributed by atoms with Gasteiger partial charge >= 0.3 is 0 Å². The highest BCUT2D eigenvalue weighted by atomic mass is 16.5. The van der Waals surface area contributed by atoms with E-state index in [-0.39, 0.29) is 6.04 Å². The number of methoxy groups -OCH3 is 1. The second-order valence-corrected chi connectivity index (χ2v) is 5.46. The first-order valence-electron chi connectivity index (χ1n) is 6.82. The second kappa shape index (κ2) is 5.61. The monoisotopic (exact) mass is 248 g/mol. The molecule has 3 nitrogen and oxygen atoms in total. The van der Waals surface area contributed by atoms with Crippen molar-refractivity contribution in [3.8, 4) is 5.75 Å². The van der Waals surface area contributed by atoms with E-state index < -0.39 is 0 Å². The summed E-state index contributed by atoms with van der Waals surface area (Å²) in [5, 5.41) is 3.56. The Bertz CT molecular complexity index is 403. The van der Waals surface area contributed by atoms with Gasteiger partial charge in [-0.05, 0) is 42.9 Å². The van der Waals surface area contributed by atoms with Crippen molar-refractivity contribution >= 4 is 5.69 Å². The second-order valence-electron chi connectivity index (χ2n) is 5.46. The molecule has 18 heavy (non-hydrogen) atoms. The van der Waals surface area contributed by atoms with Gasteiger partial charge in [-0.2, -0.15) is 0 Å². The molecule has 2 rings (SSSR count). The highest BCUT2D eigenvalue weighted by Crippen LogP contribution is 2.31. The third-order valence-electron chi connectivity index (χ3n) is 3.80. The fourth-order valence-corrected chi connectivity index (χ4v) is 2.57. The molecule has 2 atom stereocenters. The van der Waals surface area contributed by atoms with Crippen molar-refractivity contribution in [3.05, 3.63) is 23.8 Å². The number of benzene rings is 1. The first-order valence-corrected chi connectivity index (χ1v) is 6.82. The molecular formula is C15H24N2O. The van der Waals surface area contributed by atoms with Crippen LogP contribution >= 0.6 is 0 Å². The summed E-state index contributed by atoms with van der Waals surface area (Å²) in [5.41, 5.74) is 8.51. The summed E-state index contributed by atoms with van der Waals surface area (Å²) in [6.07, 6.45) is 3.48. The summed E-state index contributed by atoms with van der Waals surface area (Å²) >= 11 is 0. The SMILES string of the molecule is COc1ccc(C(C)C)cc1NC1CCCC1N. The average Bonchev–Trinajstić information content (AvgIpc) is 2.75. The lowest BCUT2D eigenvalue weighted by Gasteiger charge is -2.21. The molecule has 0 radical (unpaired) electrons. The predicted molar refractivity (Wildman–Crippen MR) is 76.3 cm³/mol. The van der Waals surface area contributed by atoms with Crippen molar-refractivity contribution in [3.63, 3.8) is 0 Å². The molecule has 0 aliphatic heterocycles. The van der Waals surface area contributed by atoms with E-state index in [1.165, 1.54) is 12.0 Å². The van der Waals surface area contributed by atoms with Crippen molar-refractivity contribution in [1.82, 2.24) is 0 Å². The van der Waals surface area contributed by atoms with Gasteiger partial charge in [-0.1, -0.05) is 19.9 Å². The van der Waals surface area contributed by atoms with E-state index >= 15 is 0 Å². The summed E-state index contributed by atoms with van der Waals surface area (Å²) in [5.74, 6) is 1.42. The Morgan fingerprint density at radius 3 is 2.67 bits per heavy atom. The third-order valence-corrected chi connectivity index (χ3v) is 3.80. The first kappa shape index (κ1) is 13.2. The van der Waals surface area contributed by atoms with Gasteiger partial charge in [0.25, 0.3) is 0 Å². The molecule has 1 aromatic carbocycles. The standard InChI is InChI=1S/C15H24N2O/c1-10(2)11-7-8-15(18-3)14(9-11)17-13-6-4-5-12(13)16/h7-10,12-13,17H,4-6,16H2,1-3H3. The van der Waals surface area contributed by atoms with Crippen LogP contribution in [0.25, 0.3) is 0 Å². The summed E-state index contributed by atoms with van der Waals surface area (Å²) in [7, 11) is 1.71. The van der Waals surface area contributed by atoms with Crippen LogP contribution in [0.2, 0.25) is 0 Å². The maximum Gasteiger partial charge on any atom is 0.141 e. The largest absolute Gasteiger partial charge is 0.495 e. The Balaban J connectivity index is 2.21. The lowest BCUT2D eigenvalue weighted by atomic mass is 10.0. The zero-order valence-electron chi connectivity index (χ0n) is 11.6. The molecule has 1 aliphatic rings. The van der Waals surface area contributed by atoms with E-state index in [9.17, 15) is 0 Å². The lowest BCUT2D eigenvalue weighted by Crippen LogP contribution is -2.35. The van der Waals surface area contributed by atoms with Gasteiger partial charge in [-0.3, -0.25) is 0 Å². The minimum absolute atomic E-state index is 0.261. The molecular weight excluding hydrogens is 224 g/mol. The van der Waals surface area contributed by atoms with Crippen LogP contribution in [-0.2, 0) is 0 Å². The predicted octanol–water partition coefficient (Wildman–Crippen LogP) is 3.11. The van der Waals surface area contributed by atoms with Crippen molar-refractivity contribution in [2.45, 2.75) is 51.1 Å². The number of ether oxygens (including phenoxy) is 1. The molecule has 0 saturated heterocycles. The summed E-state index contributed by atoms with van der Waals surface area (Å²) < 4.78 is 5.42. The minimum atomic E-state index is 0.261. The van der Waals surface area contributed by atoms with E-state index in [2.05, 4.69) is 31.3 Å². The van der Waals surface area contributed by atoms with Crippen LogP contribution in [0.5, 0.6) is 5.75 Å². The Hall–Kier alpha value is -1.22. The molecule has 3 N–H and O–H groups in total. The third kappa shape index (κ3) is 2.78. The van der Waals surface area contributed by atoms with Gasteiger partial charge < -0.3 is 15.8 Å². The Labute approximate surface area is 110 Å². The average molecular weight is 248 g/mol. The van der Waals surface area contributed by atoms with Crippen molar-refractivity contribution in [1.29, 1.82) is 0 Å². The zero-order valence-corrected chi connectivity index (χ0v) is 11.6. The normalized spacial score (nSPS) is 23.4. The van der Waals surface area contributed by atoms with E-state index in [4.69, 9.17) is 10.5 Å². The summed E-state index contributed by atoms with van der Waals surface area (Å²) in [6.45, 7) is 4.40. The lowest BCUT2D eigenvalue weighted by molar-refractivity contribution is 0.415. The topological polar surface area (TPSA) is 47.3 Å². The van der Waals surface area contributed by atoms with Crippen LogP contribution in [0.3, 0.4) is 0 Å². The molecule has 1 aliphatic carbocycles. The number of hydrogen-bond donors (Lipinski definition) is 2. The van der Waals surface area contributed by atoms with Gasteiger partial charge in [0, 0.05) is 12.1 Å². The van der Waals surface area contributed by atoms with Crippen LogP contribution in [0, 0.1) is 0 Å². The molecule has 0 spiro atoms. The van der Waals surface area contributed by atoms with Crippen LogP contribution in [-0.4, -0.2) is 19.2 Å². The van der Waals surface area contributed by atoms with Crippen molar-refractivity contribution < 1.29 is 4.74 Å². The Kier molecular flexibility index (Phi) is 4.12. The van der Waals surface area contributed by atoms with Crippen LogP contribution < -0.4 is 15.8 Å². The summed E-state index contributed by atoms with van der Waals surface area (Å²) in [4.78, 5) is 0. The number of hydrogen-bond acceptors (Lipinski definition) is 3. The molecule has 1 saturated carbocycles. The van der Waals surface area contributed by atoms with Crippen LogP contribution in [0.1, 0.15) is 44.6 Å². The van der Waals surface area contributed by atoms with Gasteiger partial charge in [-0.25, -0.2) is 0 Å². The molecule has 0 bridgehead atoms. The number of nitrogens with one attached hydrogen (secondary N) is 1. The maximum absolute atomic E-state index is 6.11. The molecule has 1 fully saturated rings. The number of anilines is 1. The van der Waals surface area contributed by atoms with Gasteiger partial charge in [0.05, 0.1) is 12.8 Å². The van der Waals surface area contributed by atoms with Gasteiger partial charge in [0.2, 0.25) is 0 Å². The molecule has 100 valence electrons. The minimum Gasteiger partial charge on any atom is -0.495 e. The van der Waals surface area contributed by atoms with Crippen molar-refractivity contribution in [2.75, 3.05) is 12.4 Å². The first-order chi connectivity index (χ1) is 8.61. The van der Waals surface area contributed by atoms with Gasteiger partial charge in [0.1, 0.15) is 5.75 Å². The quantitative estimate of drug-likeness (QED) is 0.860. The van der Waals surface area contributed by atoms with E-state index in [1.807, 2.05) is 6.07 Å². The van der Waals surface area contributed by atoms with E-state index in [0.29, 0.717) is 12.0 Å². The highest BCUT2D eigenvalue weighted by Gasteiger charge is 2.24. The number of rotatable bonds is 4. The molecule has 2 unspecified atom stereocenters. The van der Waals surface area contributed by atoms with Crippen molar-refractivity contribution in [2.24, 2.45) is 5.73 Å². The number of nitrogens with two attached hydrogens (primary N) is 1. The molecule has 0 amide bonds. The fraction of sp³-hybridized carbons (Fsp3) is 0.600. The highest BCUT2D eigenvalue weighted by molar-refractivity contribution is 5.59. The summed E-state index contributed by atoms with van der Waals surface area (Å²) in [6, 6.07) is 6.99. The smallest absolute Gasteiger partial charge is 0.141 e. The Morgan fingerprint density at radius 1 is 1.33 bits per heavy atom. The van der Waals surface area contributed by atoms with E-state index in [0.717, 1.165) is 24.3 Å². The molecule has 0 aromatic heterocycles. The Morgan fingerprint density at radius 2 is 2.11 bits per heavy atom. The molecule has 3 heteroatoms. The van der Waals surface area contributed by atoms with Crippen LogP contribution in [0.15, 0.2) is 18.2 Å². The zero-order chi connectivity index (χ0) is 13.1. The van der Waals surface area contributed by atoms with Crippen LogP contribution in [0.4, 0.5) is 5.69 Å². The maximum atomic E-state index is 6.11.